The second-order valence-corrected chi connectivity index (χ2v) is 7.51. The summed E-state index contributed by atoms with van der Waals surface area (Å²) in [5.41, 5.74) is -0.490. The number of carbonyl (C=O) groups is 2. The molecule has 2 amide bonds. The Morgan fingerprint density at radius 1 is 1.48 bits per heavy atom. The van der Waals surface area contributed by atoms with Crippen LogP contribution in [0.2, 0.25) is 0 Å². The highest BCUT2D eigenvalue weighted by molar-refractivity contribution is 9.10. The first-order valence-corrected chi connectivity index (χ1v) is 8.47. The molecule has 1 fully saturated rings. The van der Waals surface area contributed by atoms with Crippen LogP contribution in [0.1, 0.15) is 38.8 Å². The normalized spacial score (nSPS) is 17.3. The van der Waals surface area contributed by atoms with Crippen molar-refractivity contribution in [2.24, 2.45) is 0 Å². The lowest BCUT2D eigenvalue weighted by molar-refractivity contribution is 0.0586. The van der Waals surface area contributed by atoms with Gasteiger partial charge in [0.1, 0.15) is 21.8 Å². The van der Waals surface area contributed by atoms with Gasteiger partial charge in [0.25, 0.3) is 0 Å². The van der Waals surface area contributed by atoms with Crippen molar-refractivity contribution >= 4 is 33.9 Å². The molecule has 2 rings (SSSR count). The summed E-state index contributed by atoms with van der Waals surface area (Å²) in [6.07, 6.45) is -1.08. The van der Waals surface area contributed by atoms with E-state index in [0.717, 1.165) is 0 Å². The summed E-state index contributed by atoms with van der Waals surface area (Å²) >= 11 is 3.23. The van der Waals surface area contributed by atoms with Gasteiger partial charge in [-0.2, -0.15) is 10.4 Å². The second kappa shape index (κ2) is 6.92. The number of hydrogen-bond donors (Lipinski definition) is 1. The Morgan fingerprint density at radius 3 is 2.60 bits per heavy atom. The first kappa shape index (κ1) is 19.1. The number of carbonyl (C=O) groups excluding carboxylic acids is 1. The number of hydrogen-bond acceptors (Lipinski definition) is 5. The van der Waals surface area contributed by atoms with Gasteiger partial charge >= 0.3 is 12.2 Å². The molecule has 25 heavy (non-hydrogen) atoms. The van der Waals surface area contributed by atoms with Crippen LogP contribution in [0.15, 0.2) is 4.60 Å². The fraction of sp³-hybridized carbons (Fsp3) is 0.600. The topological polar surface area (TPSA) is 112 Å². The zero-order valence-electron chi connectivity index (χ0n) is 14.5. The van der Waals surface area contributed by atoms with Gasteiger partial charge in [-0.05, 0) is 43.1 Å². The molecular formula is C15H20BrN5O4. The van der Waals surface area contributed by atoms with Crippen LogP contribution in [0.25, 0.3) is 0 Å². The molecule has 0 aromatic carbocycles. The molecule has 9 nitrogen and oxygen atoms in total. The standard InChI is InChI=1S/C15H20BrN5O4/c1-15(2,3)25-14(24)19(4)12-10(7-17)11(16)18-21(12)9-5-6-20(8-9)13(22)23/h9H,5-6,8H2,1-4H3,(H,22,23)/t9-/m0/s1. The molecule has 1 N–H and O–H groups in total. The van der Waals surface area contributed by atoms with Crippen LogP contribution >= 0.6 is 15.9 Å². The van der Waals surface area contributed by atoms with Crippen molar-refractivity contribution in [3.05, 3.63) is 10.2 Å². The minimum absolute atomic E-state index is 0.196. The van der Waals surface area contributed by atoms with Crippen molar-refractivity contribution < 1.29 is 19.4 Å². The molecule has 1 aromatic rings. The zero-order valence-corrected chi connectivity index (χ0v) is 16.1. The summed E-state index contributed by atoms with van der Waals surface area (Å²) in [4.78, 5) is 26.1. The van der Waals surface area contributed by atoms with Crippen molar-refractivity contribution in [1.82, 2.24) is 14.7 Å². The van der Waals surface area contributed by atoms with Gasteiger partial charge in [0.2, 0.25) is 0 Å². The Kier molecular flexibility index (Phi) is 5.27. The maximum absolute atomic E-state index is 12.4. The molecule has 1 aromatic heterocycles. The SMILES string of the molecule is CN(C(=O)OC(C)(C)C)c1c(C#N)c(Br)nn1[C@H]1CCN(C(=O)O)C1. The van der Waals surface area contributed by atoms with E-state index in [1.807, 2.05) is 6.07 Å². The van der Waals surface area contributed by atoms with Gasteiger partial charge in [0.15, 0.2) is 5.82 Å². The molecule has 1 saturated heterocycles. The van der Waals surface area contributed by atoms with E-state index in [1.54, 1.807) is 20.8 Å². The highest BCUT2D eigenvalue weighted by Crippen LogP contribution is 2.33. The van der Waals surface area contributed by atoms with Crippen LogP contribution in [-0.4, -0.2) is 57.7 Å². The summed E-state index contributed by atoms with van der Waals surface area (Å²) in [5, 5.41) is 22.9. The molecule has 0 saturated carbocycles. The molecule has 136 valence electrons. The molecule has 0 radical (unpaired) electrons. The van der Waals surface area contributed by atoms with Crippen LogP contribution in [0, 0.1) is 11.3 Å². The average Bonchev–Trinajstić information content (AvgIpc) is 3.08. The van der Waals surface area contributed by atoms with E-state index in [0.29, 0.717) is 17.6 Å². The highest BCUT2D eigenvalue weighted by atomic mass is 79.9. The molecule has 10 heteroatoms. The molecule has 0 spiro atoms. The van der Waals surface area contributed by atoms with E-state index in [-0.39, 0.29) is 24.0 Å². The Balaban J connectivity index is 2.38. The summed E-state index contributed by atoms with van der Waals surface area (Å²) < 4.78 is 7.18. The zero-order chi connectivity index (χ0) is 18.9. The Bertz CT molecular complexity index is 734. The predicted molar refractivity (Wildman–Crippen MR) is 92.5 cm³/mol. The van der Waals surface area contributed by atoms with Gasteiger partial charge < -0.3 is 14.7 Å². The third-order valence-corrected chi connectivity index (χ3v) is 4.27. The average molecular weight is 414 g/mol. The van der Waals surface area contributed by atoms with E-state index in [1.165, 1.54) is 21.5 Å². The lowest BCUT2D eigenvalue weighted by Crippen LogP contribution is -2.36. The minimum Gasteiger partial charge on any atom is -0.465 e. The number of aromatic nitrogens is 2. The molecule has 0 bridgehead atoms. The van der Waals surface area contributed by atoms with Gasteiger partial charge in [-0.25, -0.2) is 14.3 Å². The fourth-order valence-electron chi connectivity index (χ4n) is 2.60. The van der Waals surface area contributed by atoms with Crippen molar-refractivity contribution in [3.8, 4) is 6.07 Å². The van der Waals surface area contributed by atoms with E-state index in [9.17, 15) is 14.9 Å². The Labute approximate surface area is 153 Å². The van der Waals surface area contributed by atoms with Crippen LogP contribution in [0.4, 0.5) is 15.4 Å². The van der Waals surface area contributed by atoms with E-state index < -0.39 is 17.8 Å². The van der Waals surface area contributed by atoms with Crippen molar-refractivity contribution in [3.63, 3.8) is 0 Å². The van der Waals surface area contributed by atoms with Crippen molar-refractivity contribution in [1.29, 1.82) is 5.26 Å². The summed E-state index contributed by atoms with van der Waals surface area (Å²) in [6, 6.07) is 1.76. The number of carboxylic acid groups (broad SMARTS) is 1. The Morgan fingerprint density at radius 2 is 2.12 bits per heavy atom. The van der Waals surface area contributed by atoms with Gasteiger partial charge in [0, 0.05) is 20.1 Å². The number of anilines is 1. The monoisotopic (exact) mass is 413 g/mol. The quantitative estimate of drug-likeness (QED) is 0.797. The number of nitriles is 1. The van der Waals surface area contributed by atoms with Crippen LogP contribution in [0.3, 0.4) is 0 Å². The summed E-state index contributed by atoms with van der Waals surface area (Å²) in [5.74, 6) is 0.279. The van der Waals surface area contributed by atoms with Gasteiger partial charge in [-0.3, -0.25) is 4.90 Å². The Hall–Kier alpha value is -2.28. The first-order valence-electron chi connectivity index (χ1n) is 7.68. The molecule has 1 aliphatic rings. The first-order chi connectivity index (χ1) is 11.5. The maximum atomic E-state index is 12.4. The second-order valence-electron chi connectivity index (χ2n) is 6.76. The molecular weight excluding hydrogens is 394 g/mol. The molecule has 0 aliphatic carbocycles. The van der Waals surface area contributed by atoms with Crippen molar-refractivity contribution in [2.45, 2.75) is 38.8 Å². The molecule has 1 atom stereocenters. The van der Waals surface area contributed by atoms with Crippen molar-refractivity contribution in [2.75, 3.05) is 25.0 Å². The number of halogens is 1. The minimum atomic E-state index is -1.00. The van der Waals surface area contributed by atoms with E-state index in [4.69, 9.17) is 9.84 Å². The summed E-state index contributed by atoms with van der Waals surface area (Å²) in [6.45, 7) is 5.86. The smallest absolute Gasteiger partial charge is 0.415 e. The lowest BCUT2D eigenvalue weighted by atomic mass is 10.2. The number of nitrogens with zero attached hydrogens (tertiary/aromatic N) is 5. The van der Waals surface area contributed by atoms with Gasteiger partial charge in [0.05, 0.1) is 6.04 Å². The number of rotatable bonds is 2. The molecule has 2 heterocycles. The van der Waals surface area contributed by atoms with E-state index in [2.05, 4.69) is 21.0 Å². The lowest BCUT2D eigenvalue weighted by Gasteiger charge is -2.26. The van der Waals surface area contributed by atoms with Crippen LogP contribution in [0.5, 0.6) is 0 Å². The fourth-order valence-corrected chi connectivity index (χ4v) is 3.04. The van der Waals surface area contributed by atoms with Gasteiger partial charge in [-0.15, -0.1) is 0 Å². The maximum Gasteiger partial charge on any atom is 0.415 e. The predicted octanol–water partition coefficient (Wildman–Crippen LogP) is 2.81. The molecule has 0 unspecified atom stereocenters. The number of amides is 2. The largest absolute Gasteiger partial charge is 0.465 e. The van der Waals surface area contributed by atoms with E-state index >= 15 is 0 Å². The number of ether oxygens (including phenoxy) is 1. The highest BCUT2D eigenvalue weighted by Gasteiger charge is 2.34. The number of likely N-dealkylation sites (tertiary alicyclic amines) is 1. The third kappa shape index (κ3) is 4.04. The van der Waals surface area contributed by atoms with Crippen LogP contribution < -0.4 is 4.90 Å². The summed E-state index contributed by atoms with van der Waals surface area (Å²) in [7, 11) is 1.50. The van der Waals surface area contributed by atoms with Gasteiger partial charge in [-0.1, -0.05) is 0 Å². The molecule has 1 aliphatic heterocycles. The van der Waals surface area contributed by atoms with Crippen LogP contribution in [-0.2, 0) is 4.74 Å². The third-order valence-electron chi connectivity index (χ3n) is 3.72.